The van der Waals surface area contributed by atoms with Crippen molar-refractivity contribution < 1.29 is 39.1 Å². The Morgan fingerprint density at radius 3 is 2.46 bits per heavy atom. The van der Waals surface area contributed by atoms with E-state index in [4.69, 9.17) is 18.9 Å². The summed E-state index contributed by atoms with van der Waals surface area (Å²) < 4.78 is 26.0. The molecule has 9 nitrogen and oxygen atoms in total. The summed E-state index contributed by atoms with van der Waals surface area (Å²) in [5.41, 5.74) is -0.711. The molecule has 2 saturated heterocycles. The highest BCUT2D eigenvalue weighted by Crippen LogP contribution is 2.89. The molecule has 5 saturated carbocycles. The fourth-order valence-electron chi connectivity index (χ4n) is 14.1. The Balaban J connectivity index is 1.10. The number of ether oxygens (including phenoxy) is 4. The van der Waals surface area contributed by atoms with Crippen LogP contribution in [0, 0.1) is 50.7 Å². The van der Waals surface area contributed by atoms with Gasteiger partial charge in [0.15, 0.2) is 6.29 Å². The number of aliphatic carboxylic acids is 1. The molecule has 3 N–H and O–H groups in total. The molecule has 5 aliphatic carbocycles. The third kappa shape index (κ3) is 4.97. The van der Waals surface area contributed by atoms with Gasteiger partial charge in [-0.05, 0) is 117 Å². The van der Waals surface area contributed by atoms with Gasteiger partial charge in [-0.2, -0.15) is 0 Å². The van der Waals surface area contributed by atoms with E-state index in [9.17, 15) is 20.1 Å². The van der Waals surface area contributed by atoms with Crippen molar-refractivity contribution in [1.29, 1.82) is 0 Å². The van der Waals surface area contributed by atoms with Crippen LogP contribution in [0.4, 0.5) is 0 Å². The van der Waals surface area contributed by atoms with E-state index < -0.39 is 23.8 Å². The fraction of sp³-hybridized carbons (Fsp3) is 0.974. The van der Waals surface area contributed by atoms with Crippen LogP contribution in [0.25, 0.3) is 0 Å². The summed E-state index contributed by atoms with van der Waals surface area (Å²) in [5, 5.41) is 32.8. The molecule has 274 valence electrons. The number of hydrogen-bond donors (Lipinski definition) is 3. The molecular weight excluding hydrogens is 610 g/mol. The third-order valence-electron chi connectivity index (χ3n) is 16.2. The predicted octanol–water partition coefficient (Wildman–Crippen LogP) is 5.49. The third-order valence-corrected chi connectivity index (χ3v) is 16.2. The Kier molecular flexibility index (Phi) is 8.79. The summed E-state index contributed by atoms with van der Waals surface area (Å²) in [6, 6.07) is 0. The predicted molar refractivity (Wildman–Crippen MR) is 181 cm³/mol. The summed E-state index contributed by atoms with van der Waals surface area (Å²) in [4.78, 5) is 13.3. The largest absolute Gasteiger partial charge is 0.481 e. The lowest BCUT2D eigenvalue weighted by molar-refractivity contribution is -0.249. The smallest absolute Gasteiger partial charge is 0.304 e. The van der Waals surface area contributed by atoms with Gasteiger partial charge in [-0.1, -0.05) is 34.6 Å². The molecule has 2 aliphatic heterocycles. The number of fused-ring (bicyclic) bond motifs is 4. The normalized spacial score (nSPS) is 50.3. The summed E-state index contributed by atoms with van der Waals surface area (Å²) in [5.74, 6) is 0.921. The average molecular weight is 676 g/mol. The van der Waals surface area contributed by atoms with E-state index in [0.29, 0.717) is 49.5 Å². The Bertz CT molecular complexity index is 1240. The van der Waals surface area contributed by atoms with Gasteiger partial charge in [0.25, 0.3) is 0 Å². The minimum Gasteiger partial charge on any atom is -0.481 e. The lowest BCUT2D eigenvalue weighted by atomic mass is 9.41. The Morgan fingerprint density at radius 1 is 1.06 bits per heavy atom. The van der Waals surface area contributed by atoms with Crippen LogP contribution >= 0.6 is 0 Å². The highest BCUT2D eigenvalue weighted by atomic mass is 16.7. The zero-order valence-corrected chi connectivity index (χ0v) is 31.0. The van der Waals surface area contributed by atoms with E-state index in [1.54, 1.807) is 0 Å². The standard InChI is InChI=1S/C39H65NO8/c1-9-45-33(35(5,6)44)24-20-23(2)30-31(47-24)32(43)37(8)26-11-10-25-34(3,4)27(48-29-21-40(18-19-46-29)17-13-28(41)42)12-14-38(25)22-39(26,38)16-15-36(30,37)7/h23-27,29-33,43-44H,9-22H2,1-8H3,(H,41,42)/t23-,24?,25+,26?,27?,29+,30+,31?,32+,33+,36-,37-,38-,39+/m1/s1. The molecule has 0 aromatic carbocycles. The summed E-state index contributed by atoms with van der Waals surface area (Å²) in [7, 11) is 0. The molecule has 2 heterocycles. The van der Waals surface area contributed by atoms with Crippen LogP contribution in [0.3, 0.4) is 0 Å². The number of carboxylic acids is 1. The minimum atomic E-state index is -1.03. The van der Waals surface area contributed by atoms with Crippen LogP contribution < -0.4 is 0 Å². The number of aliphatic hydroxyl groups is 2. The van der Waals surface area contributed by atoms with Crippen LogP contribution in [0.5, 0.6) is 0 Å². The van der Waals surface area contributed by atoms with Gasteiger partial charge in [-0.25, -0.2) is 0 Å². The molecule has 7 aliphatic rings. The second-order valence-corrected chi connectivity index (χ2v) is 19.0. The average Bonchev–Trinajstić information content (AvgIpc) is 3.64. The molecule has 0 radical (unpaired) electrons. The maximum Gasteiger partial charge on any atom is 0.304 e. The molecule has 0 bridgehead atoms. The number of hydrogen-bond acceptors (Lipinski definition) is 8. The highest BCUT2D eigenvalue weighted by molar-refractivity contribution is 5.66. The van der Waals surface area contributed by atoms with Gasteiger partial charge in [0.2, 0.25) is 0 Å². The van der Waals surface area contributed by atoms with Crippen molar-refractivity contribution in [2.45, 2.75) is 156 Å². The van der Waals surface area contributed by atoms with E-state index in [1.807, 2.05) is 20.8 Å². The molecule has 7 rings (SSSR count). The van der Waals surface area contributed by atoms with E-state index in [0.717, 1.165) is 38.6 Å². The van der Waals surface area contributed by atoms with E-state index in [-0.39, 0.29) is 58.6 Å². The van der Waals surface area contributed by atoms with Crippen molar-refractivity contribution in [2.75, 3.05) is 32.8 Å². The van der Waals surface area contributed by atoms with Crippen LogP contribution in [0.1, 0.15) is 113 Å². The van der Waals surface area contributed by atoms with Crippen LogP contribution in [-0.4, -0.2) is 101 Å². The van der Waals surface area contributed by atoms with Gasteiger partial charge >= 0.3 is 5.97 Å². The molecule has 0 aromatic heterocycles. The van der Waals surface area contributed by atoms with Gasteiger partial charge in [0, 0.05) is 31.7 Å². The van der Waals surface area contributed by atoms with Gasteiger partial charge in [0.05, 0.1) is 43.0 Å². The van der Waals surface area contributed by atoms with Gasteiger partial charge in [-0.3, -0.25) is 9.69 Å². The first kappa shape index (κ1) is 35.6. The first-order valence-electron chi connectivity index (χ1n) is 19.3. The number of nitrogens with zero attached hydrogens (tertiary/aromatic N) is 1. The van der Waals surface area contributed by atoms with Crippen molar-refractivity contribution in [1.82, 2.24) is 4.90 Å². The van der Waals surface area contributed by atoms with Crippen molar-refractivity contribution in [2.24, 2.45) is 50.7 Å². The summed E-state index contributed by atoms with van der Waals surface area (Å²) in [6.45, 7) is 20.7. The molecule has 0 amide bonds. The van der Waals surface area contributed by atoms with E-state index in [1.165, 1.54) is 19.3 Å². The molecule has 7 fully saturated rings. The van der Waals surface area contributed by atoms with E-state index >= 15 is 0 Å². The topological polar surface area (TPSA) is 118 Å². The van der Waals surface area contributed by atoms with Crippen LogP contribution in [0.15, 0.2) is 0 Å². The van der Waals surface area contributed by atoms with Crippen LogP contribution in [-0.2, 0) is 23.7 Å². The Morgan fingerprint density at radius 2 is 1.77 bits per heavy atom. The zero-order valence-electron chi connectivity index (χ0n) is 31.0. The molecule has 4 unspecified atom stereocenters. The molecule has 2 spiro atoms. The van der Waals surface area contributed by atoms with Crippen molar-refractivity contribution in [3.05, 3.63) is 0 Å². The lowest BCUT2D eigenvalue weighted by Gasteiger charge is -2.64. The molecule has 14 atom stereocenters. The van der Waals surface area contributed by atoms with Gasteiger partial charge in [0.1, 0.15) is 6.10 Å². The maximum atomic E-state index is 12.6. The fourth-order valence-corrected chi connectivity index (χ4v) is 14.1. The van der Waals surface area contributed by atoms with Gasteiger partial charge < -0.3 is 34.3 Å². The quantitative estimate of drug-likeness (QED) is 0.292. The molecule has 0 aromatic rings. The summed E-state index contributed by atoms with van der Waals surface area (Å²) in [6.07, 6.45) is 7.45. The first-order valence-corrected chi connectivity index (χ1v) is 19.3. The minimum absolute atomic E-state index is 0.000406. The second-order valence-electron chi connectivity index (χ2n) is 19.0. The second kappa shape index (κ2) is 11.9. The van der Waals surface area contributed by atoms with Crippen molar-refractivity contribution in [3.63, 3.8) is 0 Å². The first-order chi connectivity index (χ1) is 22.5. The number of rotatable bonds is 9. The number of morpholine rings is 1. The van der Waals surface area contributed by atoms with Crippen LogP contribution in [0.2, 0.25) is 0 Å². The van der Waals surface area contributed by atoms with E-state index in [2.05, 4.69) is 39.5 Å². The molecule has 48 heavy (non-hydrogen) atoms. The maximum absolute atomic E-state index is 12.6. The Labute approximate surface area is 288 Å². The number of aliphatic hydroxyl groups excluding tert-OH is 1. The molecule has 9 heteroatoms. The van der Waals surface area contributed by atoms with Crippen molar-refractivity contribution >= 4 is 5.97 Å². The zero-order chi connectivity index (χ0) is 34.7. The Hall–Kier alpha value is -0.810. The SMILES string of the molecule is CCO[C@@H](C1C[C@@H](C)[C@H]2C(O1)[C@H](O)[C@@]1(C)C3CC[C@H]4C(C)(C)C(O[C@H]5CN(CCC(=O)O)CCO5)CC[C@@]45C[C@@]35CC[C@]21C)C(C)(C)O. The number of carboxylic acid groups (broad SMARTS) is 1. The van der Waals surface area contributed by atoms with Crippen molar-refractivity contribution in [3.8, 4) is 0 Å². The summed E-state index contributed by atoms with van der Waals surface area (Å²) >= 11 is 0. The highest BCUT2D eigenvalue weighted by Gasteiger charge is 2.84. The molecular formula is C39H65NO8. The number of carbonyl (C=O) groups is 1. The monoisotopic (exact) mass is 675 g/mol. The lowest BCUT2D eigenvalue weighted by Crippen LogP contribution is -2.60. The van der Waals surface area contributed by atoms with Gasteiger partial charge in [-0.15, -0.1) is 0 Å².